The zero-order valence-electron chi connectivity index (χ0n) is 25.5. The number of nitrogens with one attached hydrogen (secondary N) is 1. The molecule has 1 N–H and O–H groups in total. The minimum atomic E-state index is -4.37. The van der Waals surface area contributed by atoms with Gasteiger partial charge in [-0.2, -0.15) is 13.2 Å². The number of benzene rings is 1. The number of anilines is 1. The minimum Gasteiger partial charge on any atom is -0.381 e. The highest BCUT2D eigenvalue weighted by Gasteiger charge is 2.34. The Bertz CT molecular complexity index is 1330. The molecule has 12 heteroatoms. The van der Waals surface area contributed by atoms with Gasteiger partial charge in [0.25, 0.3) is 5.91 Å². The predicted octanol–water partition coefficient (Wildman–Crippen LogP) is 4.26. The molecular formula is C32H42F3N5O4. The van der Waals surface area contributed by atoms with Gasteiger partial charge in [-0.05, 0) is 68.7 Å². The number of nitrogens with zero attached hydrogens (tertiary/aromatic N) is 4. The van der Waals surface area contributed by atoms with Crippen LogP contribution >= 0.6 is 0 Å². The summed E-state index contributed by atoms with van der Waals surface area (Å²) >= 11 is 0. The van der Waals surface area contributed by atoms with Gasteiger partial charge in [-0.3, -0.25) is 4.79 Å². The second kappa shape index (κ2) is 13.3. The average molecular weight is 618 g/mol. The summed E-state index contributed by atoms with van der Waals surface area (Å²) in [7, 11) is 1.72. The summed E-state index contributed by atoms with van der Waals surface area (Å²) in [6.07, 6.45) is 0.275. The number of carbonyl (C=O) groups excluding carboxylic acids is 1. The van der Waals surface area contributed by atoms with Crippen LogP contribution in [0.4, 0.5) is 19.0 Å². The maximum atomic E-state index is 14.0. The topological polar surface area (TPSA) is 89.0 Å². The highest BCUT2D eigenvalue weighted by molar-refractivity contribution is 5.95. The number of hydrogen-bond donors (Lipinski definition) is 1. The van der Waals surface area contributed by atoms with Gasteiger partial charge < -0.3 is 29.3 Å². The molecule has 3 fully saturated rings. The van der Waals surface area contributed by atoms with Crippen molar-refractivity contribution in [2.75, 3.05) is 58.1 Å². The molecule has 9 nitrogen and oxygen atoms in total. The molecule has 0 saturated carbocycles. The van der Waals surface area contributed by atoms with E-state index in [-0.39, 0.29) is 24.0 Å². The number of alkyl halides is 3. The highest BCUT2D eigenvalue weighted by Crippen LogP contribution is 2.35. The fourth-order valence-electron chi connectivity index (χ4n) is 6.92. The molecule has 4 aliphatic rings. The lowest BCUT2D eigenvalue weighted by atomic mass is 9.96. The maximum absolute atomic E-state index is 14.0. The van der Waals surface area contributed by atoms with Gasteiger partial charge in [-0.15, -0.1) is 0 Å². The first-order valence-electron chi connectivity index (χ1n) is 15.8. The number of aromatic nitrogens is 2. The van der Waals surface area contributed by atoms with Crippen molar-refractivity contribution in [2.24, 2.45) is 0 Å². The quantitative estimate of drug-likeness (QED) is 0.515. The monoisotopic (exact) mass is 617 g/mol. The van der Waals surface area contributed by atoms with E-state index in [9.17, 15) is 18.0 Å². The number of carbonyl (C=O) groups is 1. The third-order valence-corrected chi connectivity index (χ3v) is 9.61. The number of amides is 1. The highest BCUT2D eigenvalue weighted by atomic mass is 19.4. The first-order chi connectivity index (χ1) is 21.2. The van der Waals surface area contributed by atoms with Gasteiger partial charge in [0.2, 0.25) is 0 Å². The second-order valence-electron chi connectivity index (χ2n) is 12.4. The summed E-state index contributed by atoms with van der Waals surface area (Å²) in [5.74, 6) is 1.34. The van der Waals surface area contributed by atoms with Crippen LogP contribution in [0, 0.1) is 6.92 Å². The summed E-state index contributed by atoms with van der Waals surface area (Å²) in [5.41, 5.74) is 2.06. The lowest BCUT2D eigenvalue weighted by Gasteiger charge is -2.38. The molecule has 1 aromatic heterocycles. The number of fused-ring (bicyclic) bond motifs is 1. The number of rotatable bonds is 6. The van der Waals surface area contributed by atoms with Crippen LogP contribution in [0.15, 0.2) is 18.2 Å². The molecule has 0 radical (unpaired) electrons. The Hall–Kier alpha value is -2.80. The molecule has 240 valence electrons. The summed E-state index contributed by atoms with van der Waals surface area (Å²) in [6.45, 7) is 6.64. The van der Waals surface area contributed by atoms with E-state index in [4.69, 9.17) is 24.2 Å². The Balaban J connectivity index is 1.21. The van der Waals surface area contributed by atoms with Gasteiger partial charge in [-0.1, -0.05) is 6.07 Å². The third kappa shape index (κ3) is 6.73. The van der Waals surface area contributed by atoms with Crippen molar-refractivity contribution < 1.29 is 32.2 Å². The van der Waals surface area contributed by atoms with E-state index in [0.717, 1.165) is 50.3 Å². The van der Waals surface area contributed by atoms with Crippen LogP contribution in [0.5, 0.6) is 0 Å². The molecule has 0 bridgehead atoms. The maximum Gasteiger partial charge on any atom is 0.416 e. The van der Waals surface area contributed by atoms with Crippen molar-refractivity contribution in [1.82, 2.24) is 20.2 Å². The Kier molecular flexibility index (Phi) is 9.42. The average Bonchev–Trinajstić information content (AvgIpc) is 3.04. The Morgan fingerprint density at radius 2 is 1.75 bits per heavy atom. The second-order valence-corrected chi connectivity index (χ2v) is 12.4. The van der Waals surface area contributed by atoms with Crippen LogP contribution in [-0.2, 0) is 33.4 Å². The van der Waals surface area contributed by atoms with Crippen molar-refractivity contribution in [2.45, 2.75) is 82.3 Å². The van der Waals surface area contributed by atoms with E-state index in [2.05, 4.69) is 10.2 Å². The number of ether oxygens (including phenoxy) is 3. The predicted molar refractivity (Wildman–Crippen MR) is 158 cm³/mol. The molecule has 0 aliphatic carbocycles. The summed E-state index contributed by atoms with van der Waals surface area (Å²) in [4.78, 5) is 27.9. The molecule has 2 atom stereocenters. The molecule has 3 saturated heterocycles. The van der Waals surface area contributed by atoms with Crippen LogP contribution in [-0.4, -0.2) is 92.1 Å². The molecule has 6 rings (SSSR count). The van der Waals surface area contributed by atoms with Crippen LogP contribution < -0.4 is 10.2 Å². The number of likely N-dealkylation sites (tertiary alicyclic amines) is 1. The van der Waals surface area contributed by atoms with Gasteiger partial charge >= 0.3 is 6.18 Å². The first kappa shape index (κ1) is 31.2. The molecule has 2 aromatic rings. The molecule has 0 spiro atoms. The van der Waals surface area contributed by atoms with Crippen LogP contribution in [0.1, 0.15) is 76.6 Å². The number of methoxy groups -OCH3 is 1. The van der Waals surface area contributed by atoms with Crippen LogP contribution in [0.25, 0.3) is 0 Å². The normalized spacial score (nSPS) is 23.9. The van der Waals surface area contributed by atoms with Crippen molar-refractivity contribution in [3.8, 4) is 0 Å². The molecule has 5 heterocycles. The molecule has 0 unspecified atom stereocenters. The van der Waals surface area contributed by atoms with Gasteiger partial charge in [0.15, 0.2) is 0 Å². The molecular weight excluding hydrogens is 575 g/mol. The minimum absolute atomic E-state index is 0.0301. The zero-order chi connectivity index (χ0) is 30.8. The fourth-order valence-corrected chi connectivity index (χ4v) is 6.92. The van der Waals surface area contributed by atoms with E-state index in [1.165, 1.54) is 6.07 Å². The van der Waals surface area contributed by atoms with Gasteiger partial charge in [0, 0.05) is 76.7 Å². The third-order valence-electron chi connectivity index (χ3n) is 9.61. The molecule has 44 heavy (non-hydrogen) atoms. The van der Waals surface area contributed by atoms with Crippen molar-refractivity contribution >= 4 is 11.7 Å². The lowest BCUT2D eigenvalue weighted by molar-refractivity contribution is -0.137. The van der Waals surface area contributed by atoms with Crippen molar-refractivity contribution in [1.29, 1.82) is 0 Å². The Labute approximate surface area is 256 Å². The number of halogens is 3. The summed E-state index contributed by atoms with van der Waals surface area (Å²) in [6, 6.07) is 4.51. The summed E-state index contributed by atoms with van der Waals surface area (Å²) < 4.78 is 56.7. The van der Waals surface area contributed by atoms with Crippen molar-refractivity contribution in [3.63, 3.8) is 0 Å². The van der Waals surface area contributed by atoms with Crippen molar-refractivity contribution in [3.05, 3.63) is 52.0 Å². The first-order valence-corrected chi connectivity index (χ1v) is 15.8. The molecule has 4 aliphatic heterocycles. The van der Waals surface area contributed by atoms with E-state index >= 15 is 0 Å². The van der Waals surface area contributed by atoms with Gasteiger partial charge in [0.1, 0.15) is 17.3 Å². The molecule has 1 amide bonds. The van der Waals surface area contributed by atoms with Gasteiger partial charge in [-0.25, -0.2) is 9.97 Å². The van der Waals surface area contributed by atoms with E-state index < -0.39 is 11.7 Å². The Morgan fingerprint density at radius 1 is 1.00 bits per heavy atom. The van der Waals surface area contributed by atoms with E-state index in [1.807, 2.05) is 11.8 Å². The Morgan fingerprint density at radius 3 is 2.48 bits per heavy atom. The largest absolute Gasteiger partial charge is 0.416 e. The SMILES string of the molecule is CO[C@@H]1COCC[C@@H]1NC1CCN(C(=O)c2nc(C3CCOCC3)nc(N3CCc4cc(C(F)(F)F)ccc4C3)c2C)CC1. The standard InChI is InChI=1S/C32H42F3N5O4/c1-20-28(31(41)39-12-6-25(7-13-39)36-26-10-16-44-19-27(26)42-2)37-29(21-8-14-43-15-9-21)38-30(20)40-11-5-22-17-24(32(33,34)35)4-3-23(22)18-40/h3-4,17,21,25-27,36H,5-16,18-19H2,1-2H3/t26-,27+/m0/s1. The fraction of sp³-hybridized carbons (Fsp3) is 0.656. The van der Waals surface area contributed by atoms with E-state index in [0.29, 0.717) is 86.9 Å². The summed E-state index contributed by atoms with van der Waals surface area (Å²) in [5, 5.41) is 3.74. The van der Waals surface area contributed by atoms with Crippen LogP contribution in [0.2, 0.25) is 0 Å². The molecule has 1 aromatic carbocycles. The smallest absolute Gasteiger partial charge is 0.381 e. The lowest BCUT2D eigenvalue weighted by Crippen LogP contribution is -2.54. The van der Waals surface area contributed by atoms with Gasteiger partial charge in [0.05, 0.1) is 18.3 Å². The van der Waals surface area contributed by atoms with Crippen LogP contribution in [0.3, 0.4) is 0 Å². The number of hydrogen-bond acceptors (Lipinski definition) is 8. The zero-order valence-corrected chi connectivity index (χ0v) is 25.5. The number of piperidine rings is 1. The van der Waals surface area contributed by atoms with E-state index in [1.54, 1.807) is 13.2 Å².